The van der Waals surface area contributed by atoms with E-state index in [9.17, 15) is 0 Å². The van der Waals surface area contributed by atoms with Crippen LogP contribution in [0.2, 0.25) is 0 Å². The number of unbranched alkanes of at least 4 members (excludes halogenated alkanes) is 1. The van der Waals surface area contributed by atoms with Crippen LogP contribution in [0, 0.1) is 0 Å². The molecule has 1 fully saturated rings. The van der Waals surface area contributed by atoms with Crippen molar-refractivity contribution in [1.29, 1.82) is 0 Å². The predicted molar refractivity (Wildman–Crippen MR) is 35.0 cm³/mol. The number of ether oxygens (including phenoxy) is 1. The van der Waals surface area contributed by atoms with E-state index in [1.165, 1.54) is 6.42 Å². The first kappa shape index (κ1) is 7.03. The van der Waals surface area contributed by atoms with Gasteiger partial charge in [0.05, 0.1) is 0 Å². The molecule has 9 heavy (non-hydrogen) atoms. The third-order valence-corrected chi connectivity index (χ3v) is 1.87. The van der Waals surface area contributed by atoms with Crippen LogP contribution in [0.4, 0.5) is 0 Å². The molecule has 2 heteroatoms. The first-order valence-corrected chi connectivity index (χ1v) is 3.55. The van der Waals surface area contributed by atoms with Crippen molar-refractivity contribution >= 4 is 0 Å². The highest BCUT2D eigenvalue weighted by atomic mass is 16.7. The van der Waals surface area contributed by atoms with E-state index in [1.54, 1.807) is 0 Å². The first-order valence-electron chi connectivity index (χ1n) is 3.55. The number of aliphatic hydroxyl groups excluding tert-OH is 1. The van der Waals surface area contributed by atoms with Crippen LogP contribution < -0.4 is 0 Å². The van der Waals surface area contributed by atoms with E-state index in [2.05, 4.69) is 6.92 Å². The van der Waals surface area contributed by atoms with Gasteiger partial charge in [0.25, 0.3) is 0 Å². The summed E-state index contributed by atoms with van der Waals surface area (Å²) in [6, 6.07) is 0. The van der Waals surface area contributed by atoms with E-state index in [4.69, 9.17) is 9.84 Å². The van der Waals surface area contributed by atoms with Gasteiger partial charge in [-0.1, -0.05) is 19.8 Å². The largest absolute Gasteiger partial charge is 0.366 e. The highest BCUT2D eigenvalue weighted by Crippen LogP contribution is 2.38. The van der Waals surface area contributed by atoms with Crippen LogP contribution in [0.1, 0.15) is 33.1 Å². The second-order valence-electron chi connectivity index (χ2n) is 2.89. The number of hydrogen-bond donors (Lipinski definition) is 1. The smallest absolute Gasteiger partial charge is 0.184 e. The summed E-state index contributed by atoms with van der Waals surface area (Å²) in [5.41, 5.74) is -0.185. The maximum atomic E-state index is 8.89. The molecule has 1 rings (SSSR count). The normalized spacial score (nSPS) is 41.0. The van der Waals surface area contributed by atoms with Crippen LogP contribution >= 0.6 is 0 Å². The summed E-state index contributed by atoms with van der Waals surface area (Å²) in [4.78, 5) is 0. The SMILES string of the molecule is CCCCC1(C)OC1O. The summed E-state index contributed by atoms with van der Waals surface area (Å²) in [6.07, 6.45) is 2.83. The summed E-state index contributed by atoms with van der Waals surface area (Å²) in [6.45, 7) is 4.09. The van der Waals surface area contributed by atoms with E-state index >= 15 is 0 Å². The second-order valence-corrected chi connectivity index (χ2v) is 2.89. The summed E-state index contributed by atoms with van der Waals surface area (Å²) in [5, 5.41) is 8.89. The van der Waals surface area contributed by atoms with Crippen molar-refractivity contribution in [3.05, 3.63) is 0 Å². The molecule has 0 aliphatic carbocycles. The lowest BCUT2D eigenvalue weighted by Crippen LogP contribution is -2.08. The molecular formula is C7H14O2. The number of epoxide rings is 1. The lowest BCUT2D eigenvalue weighted by Gasteiger charge is -2.00. The van der Waals surface area contributed by atoms with E-state index in [-0.39, 0.29) is 5.60 Å². The van der Waals surface area contributed by atoms with Crippen LogP contribution in [-0.4, -0.2) is 17.0 Å². The van der Waals surface area contributed by atoms with Crippen molar-refractivity contribution in [2.45, 2.75) is 45.0 Å². The van der Waals surface area contributed by atoms with E-state index in [0.29, 0.717) is 0 Å². The molecule has 2 atom stereocenters. The van der Waals surface area contributed by atoms with Gasteiger partial charge in [0.15, 0.2) is 6.29 Å². The zero-order chi connectivity index (χ0) is 6.91. The molecule has 1 saturated heterocycles. The molecule has 1 aliphatic heterocycles. The van der Waals surface area contributed by atoms with Crippen molar-refractivity contribution in [2.75, 3.05) is 0 Å². The summed E-state index contributed by atoms with van der Waals surface area (Å²) in [7, 11) is 0. The molecule has 1 N–H and O–H groups in total. The van der Waals surface area contributed by atoms with Crippen LogP contribution in [0.5, 0.6) is 0 Å². The van der Waals surface area contributed by atoms with Crippen molar-refractivity contribution < 1.29 is 9.84 Å². The Balaban J connectivity index is 2.13. The Morgan fingerprint density at radius 2 is 2.22 bits per heavy atom. The van der Waals surface area contributed by atoms with Gasteiger partial charge in [-0.3, -0.25) is 0 Å². The zero-order valence-corrected chi connectivity index (χ0v) is 6.05. The molecule has 0 amide bonds. The fourth-order valence-electron chi connectivity index (χ4n) is 0.931. The lowest BCUT2D eigenvalue weighted by atomic mass is 10.1. The summed E-state index contributed by atoms with van der Waals surface area (Å²) in [5.74, 6) is 0. The third kappa shape index (κ3) is 1.43. The van der Waals surface area contributed by atoms with Gasteiger partial charge in [0.2, 0.25) is 0 Å². The number of rotatable bonds is 3. The van der Waals surface area contributed by atoms with Gasteiger partial charge in [0, 0.05) is 0 Å². The molecule has 0 saturated carbocycles. The van der Waals surface area contributed by atoms with E-state index in [0.717, 1.165) is 12.8 Å². The molecule has 1 aliphatic rings. The second kappa shape index (κ2) is 2.27. The minimum absolute atomic E-state index is 0.185. The fraction of sp³-hybridized carbons (Fsp3) is 1.00. The Labute approximate surface area is 55.8 Å². The molecule has 2 unspecified atom stereocenters. The quantitative estimate of drug-likeness (QED) is 0.584. The molecule has 1 heterocycles. The third-order valence-electron chi connectivity index (χ3n) is 1.87. The molecular weight excluding hydrogens is 116 g/mol. The Kier molecular flexibility index (Phi) is 1.78. The van der Waals surface area contributed by atoms with Crippen LogP contribution in [0.25, 0.3) is 0 Å². The van der Waals surface area contributed by atoms with Gasteiger partial charge in [-0.25, -0.2) is 0 Å². The number of hydrogen-bond acceptors (Lipinski definition) is 2. The average Bonchev–Trinajstić information content (AvgIpc) is 2.38. The highest BCUT2D eigenvalue weighted by molar-refractivity contribution is 4.90. The van der Waals surface area contributed by atoms with Gasteiger partial charge in [-0.2, -0.15) is 0 Å². The zero-order valence-electron chi connectivity index (χ0n) is 6.05. The van der Waals surface area contributed by atoms with Crippen molar-refractivity contribution in [3.63, 3.8) is 0 Å². The average molecular weight is 130 g/mol. The van der Waals surface area contributed by atoms with E-state index in [1.807, 2.05) is 6.92 Å². The van der Waals surface area contributed by atoms with Gasteiger partial charge in [-0.15, -0.1) is 0 Å². The van der Waals surface area contributed by atoms with Crippen LogP contribution in [0.3, 0.4) is 0 Å². The lowest BCUT2D eigenvalue weighted by molar-refractivity contribution is 0.155. The molecule has 54 valence electrons. The van der Waals surface area contributed by atoms with E-state index < -0.39 is 6.29 Å². The molecule has 0 radical (unpaired) electrons. The van der Waals surface area contributed by atoms with Gasteiger partial charge >= 0.3 is 0 Å². The minimum atomic E-state index is -0.482. The van der Waals surface area contributed by atoms with Crippen molar-refractivity contribution in [1.82, 2.24) is 0 Å². The van der Waals surface area contributed by atoms with Crippen LogP contribution in [0.15, 0.2) is 0 Å². The molecule has 0 aromatic carbocycles. The van der Waals surface area contributed by atoms with Gasteiger partial charge in [-0.05, 0) is 13.3 Å². The standard InChI is InChI=1S/C7H14O2/c1-3-4-5-7(2)6(8)9-7/h6,8H,3-5H2,1-2H3. The van der Waals surface area contributed by atoms with Crippen LogP contribution in [-0.2, 0) is 4.74 Å². The first-order chi connectivity index (χ1) is 4.19. The molecule has 0 aromatic heterocycles. The summed E-state index contributed by atoms with van der Waals surface area (Å²) < 4.78 is 4.96. The molecule has 2 nitrogen and oxygen atoms in total. The molecule has 0 spiro atoms. The molecule has 0 aromatic rings. The maximum Gasteiger partial charge on any atom is 0.184 e. The topological polar surface area (TPSA) is 32.8 Å². The van der Waals surface area contributed by atoms with Crippen molar-refractivity contribution in [2.24, 2.45) is 0 Å². The Hall–Kier alpha value is -0.0800. The predicted octanol–water partition coefficient (Wildman–Crippen LogP) is 1.28. The number of aliphatic hydroxyl groups is 1. The Bertz CT molecular complexity index is 103. The maximum absolute atomic E-state index is 8.89. The fourth-order valence-corrected chi connectivity index (χ4v) is 0.931. The van der Waals surface area contributed by atoms with Gasteiger partial charge in [0.1, 0.15) is 5.60 Å². The Morgan fingerprint density at radius 3 is 2.56 bits per heavy atom. The molecule has 0 bridgehead atoms. The minimum Gasteiger partial charge on any atom is -0.366 e. The van der Waals surface area contributed by atoms with Crippen molar-refractivity contribution in [3.8, 4) is 0 Å². The summed E-state index contributed by atoms with van der Waals surface area (Å²) >= 11 is 0. The highest BCUT2D eigenvalue weighted by Gasteiger charge is 2.50. The Morgan fingerprint density at radius 1 is 1.67 bits per heavy atom. The monoisotopic (exact) mass is 130 g/mol. The van der Waals surface area contributed by atoms with Gasteiger partial charge < -0.3 is 9.84 Å².